The molecular formula is C21H24N2O5. The Morgan fingerprint density at radius 1 is 1.14 bits per heavy atom. The van der Waals surface area contributed by atoms with Crippen molar-refractivity contribution in [1.29, 1.82) is 0 Å². The second-order valence-electron chi connectivity index (χ2n) is 8.03. The van der Waals surface area contributed by atoms with Crippen LogP contribution >= 0.6 is 0 Å². The maximum Gasteiger partial charge on any atom is 0.373 e. The van der Waals surface area contributed by atoms with Gasteiger partial charge in [0.05, 0.1) is 13.7 Å². The van der Waals surface area contributed by atoms with Crippen LogP contribution in [0.5, 0.6) is 0 Å². The molecule has 7 heteroatoms. The molecule has 3 amide bonds. The molecule has 3 rings (SSSR count). The Morgan fingerprint density at radius 3 is 2.36 bits per heavy atom. The summed E-state index contributed by atoms with van der Waals surface area (Å²) in [4.78, 5) is 38.1. The molecule has 1 atom stereocenters. The van der Waals surface area contributed by atoms with Crippen molar-refractivity contribution in [3.05, 3.63) is 59.0 Å². The van der Waals surface area contributed by atoms with Crippen LogP contribution in [0.1, 0.15) is 55.1 Å². The van der Waals surface area contributed by atoms with Crippen LogP contribution in [0.2, 0.25) is 0 Å². The summed E-state index contributed by atoms with van der Waals surface area (Å²) in [5.41, 5.74) is 0.673. The smallest absolute Gasteiger partial charge is 0.373 e. The third kappa shape index (κ3) is 3.40. The van der Waals surface area contributed by atoms with E-state index in [4.69, 9.17) is 4.42 Å². The number of methoxy groups -OCH3 is 1. The van der Waals surface area contributed by atoms with Gasteiger partial charge in [-0.3, -0.25) is 9.69 Å². The molecule has 1 aromatic carbocycles. The third-order valence-corrected chi connectivity index (χ3v) is 4.97. The van der Waals surface area contributed by atoms with Gasteiger partial charge < -0.3 is 14.5 Å². The Morgan fingerprint density at radius 2 is 1.79 bits per heavy atom. The number of imide groups is 1. The van der Waals surface area contributed by atoms with Crippen molar-refractivity contribution in [3.63, 3.8) is 0 Å². The molecule has 2 heterocycles. The number of nitrogens with one attached hydrogen (secondary N) is 1. The quantitative estimate of drug-likeness (QED) is 0.645. The SMILES string of the molecule is COC(=O)c1ccc(CN2C(=O)N[C@@](C)(c3ccc(C(C)(C)C)cc3)C2=O)o1. The van der Waals surface area contributed by atoms with E-state index in [9.17, 15) is 14.4 Å². The van der Waals surface area contributed by atoms with E-state index in [0.717, 1.165) is 10.5 Å². The number of carbonyl (C=O) groups excluding carboxylic acids is 3. The van der Waals surface area contributed by atoms with E-state index < -0.39 is 17.5 Å². The van der Waals surface area contributed by atoms with Crippen molar-refractivity contribution in [2.75, 3.05) is 7.11 Å². The zero-order valence-electron chi connectivity index (χ0n) is 16.7. The average molecular weight is 384 g/mol. The zero-order chi connectivity index (χ0) is 20.7. The Kier molecular flexibility index (Phi) is 4.79. The van der Waals surface area contributed by atoms with Crippen LogP contribution in [0, 0.1) is 0 Å². The van der Waals surface area contributed by atoms with Crippen LogP contribution in [0.3, 0.4) is 0 Å². The van der Waals surface area contributed by atoms with Gasteiger partial charge in [0.25, 0.3) is 5.91 Å². The molecule has 28 heavy (non-hydrogen) atoms. The van der Waals surface area contributed by atoms with Crippen molar-refractivity contribution >= 4 is 17.9 Å². The minimum Gasteiger partial charge on any atom is -0.463 e. The normalized spacial score (nSPS) is 19.7. The highest BCUT2D eigenvalue weighted by Gasteiger charge is 2.49. The summed E-state index contributed by atoms with van der Waals surface area (Å²) >= 11 is 0. The molecule has 1 fully saturated rings. The molecule has 0 aliphatic carbocycles. The number of hydrogen-bond acceptors (Lipinski definition) is 5. The summed E-state index contributed by atoms with van der Waals surface area (Å²) in [5, 5.41) is 2.77. The summed E-state index contributed by atoms with van der Waals surface area (Å²) in [6.07, 6.45) is 0. The fraction of sp³-hybridized carbons (Fsp3) is 0.381. The number of ether oxygens (including phenoxy) is 1. The van der Waals surface area contributed by atoms with Crippen LogP contribution in [-0.4, -0.2) is 29.9 Å². The Balaban J connectivity index is 1.82. The van der Waals surface area contributed by atoms with Crippen molar-refractivity contribution in [1.82, 2.24) is 10.2 Å². The van der Waals surface area contributed by atoms with Crippen LogP contribution in [-0.2, 0) is 27.0 Å². The molecule has 148 valence electrons. The largest absolute Gasteiger partial charge is 0.463 e. The van der Waals surface area contributed by atoms with Crippen LogP contribution < -0.4 is 5.32 Å². The number of urea groups is 1. The van der Waals surface area contributed by atoms with Gasteiger partial charge >= 0.3 is 12.0 Å². The van der Waals surface area contributed by atoms with Crippen LogP contribution in [0.25, 0.3) is 0 Å². The fourth-order valence-electron chi connectivity index (χ4n) is 3.17. The first-order chi connectivity index (χ1) is 13.1. The van der Waals surface area contributed by atoms with E-state index in [1.807, 2.05) is 24.3 Å². The van der Waals surface area contributed by atoms with Gasteiger partial charge in [0.15, 0.2) is 0 Å². The zero-order valence-corrected chi connectivity index (χ0v) is 16.7. The van der Waals surface area contributed by atoms with Gasteiger partial charge in [0.1, 0.15) is 11.3 Å². The molecule has 7 nitrogen and oxygen atoms in total. The number of benzene rings is 1. The number of carbonyl (C=O) groups is 3. The fourth-order valence-corrected chi connectivity index (χ4v) is 3.17. The number of rotatable bonds is 4. The van der Waals surface area contributed by atoms with Gasteiger partial charge in [-0.25, -0.2) is 9.59 Å². The molecular weight excluding hydrogens is 360 g/mol. The van der Waals surface area contributed by atoms with Crippen LogP contribution in [0.4, 0.5) is 4.79 Å². The topological polar surface area (TPSA) is 88.9 Å². The van der Waals surface area contributed by atoms with Crippen molar-refractivity contribution in [3.8, 4) is 0 Å². The van der Waals surface area contributed by atoms with E-state index in [1.165, 1.54) is 13.2 Å². The Hall–Kier alpha value is -3.09. The Labute approximate surface area is 163 Å². The summed E-state index contributed by atoms with van der Waals surface area (Å²) in [6.45, 7) is 7.94. The summed E-state index contributed by atoms with van der Waals surface area (Å²) in [7, 11) is 1.25. The number of nitrogens with zero attached hydrogens (tertiary/aromatic N) is 1. The maximum absolute atomic E-state index is 13.0. The molecule has 1 saturated heterocycles. The summed E-state index contributed by atoms with van der Waals surface area (Å²) in [5.74, 6) is -0.662. The molecule has 1 aromatic heterocycles. The molecule has 1 aliphatic rings. The maximum atomic E-state index is 13.0. The average Bonchev–Trinajstić information content (AvgIpc) is 3.20. The van der Waals surface area contributed by atoms with Crippen molar-refractivity contribution in [2.45, 2.75) is 45.2 Å². The van der Waals surface area contributed by atoms with E-state index in [2.05, 4.69) is 30.8 Å². The Bertz CT molecular complexity index is 923. The van der Waals surface area contributed by atoms with E-state index in [-0.39, 0.29) is 23.6 Å². The third-order valence-electron chi connectivity index (χ3n) is 4.97. The minimum atomic E-state index is -1.16. The molecule has 1 aliphatic heterocycles. The number of esters is 1. The molecule has 1 N–H and O–H groups in total. The highest BCUT2D eigenvalue weighted by atomic mass is 16.5. The molecule has 0 bridgehead atoms. The first-order valence-corrected chi connectivity index (χ1v) is 8.98. The van der Waals surface area contributed by atoms with Gasteiger partial charge in [0.2, 0.25) is 5.76 Å². The van der Waals surface area contributed by atoms with E-state index in [1.54, 1.807) is 13.0 Å². The lowest BCUT2D eigenvalue weighted by atomic mass is 9.84. The predicted octanol–water partition coefficient (Wildman–Crippen LogP) is 3.33. The lowest BCUT2D eigenvalue weighted by Crippen LogP contribution is -2.40. The number of amides is 3. The second kappa shape index (κ2) is 6.82. The van der Waals surface area contributed by atoms with E-state index >= 15 is 0 Å². The monoisotopic (exact) mass is 384 g/mol. The molecule has 0 unspecified atom stereocenters. The molecule has 0 radical (unpaired) electrons. The van der Waals surface area contributed by atoms with Crippen molar-refractivity contribution in [2.24, 2.45) is 0 Å². The highest BCUT2D eigenvalue weighted by molar-refractivity contribution is 6.07. The minimum absolute atomic E-state index is 0.00889. The van der Waals surface area contributed by atoms with Crippen molar-refractivity contribution < 1.29 is 23.5 Å². The molecule has 2 aromatic rings. The lowest BCUT2D eigenvalue weighted by molar-refractivity contribution is -0.131. The van der Waals surface area contributed by atoms with Gasteiger partial charge in [-0.05, 0) is 35.6 Å². The standard InChI is InChI=1S/C21H24N2O5/c1-20(2,3)13-6-8-14(9-7-13)21(4)18(25)23(19(26)22-21)12-15-10-11-16(28-15)17(24)27-5/h6-11H,12H2,1-5H3,(H,22,26)/t21-/m0/s1. The highest BCUT2D eigenvalue weighted by Crippen LogP contribution is 2.32. The molecule has 0 spiro atoms. The molecule has 0 saturated carbocycles. The van der Waals surface area contributed by atoms with Gasteiger partial charge in [0, 0.05) is 0 Å². The first kappa shape index (κ1) is 19.7. The predicted molar refractivity (Wildman–Crippen MR) is 102 cm³/mol. The van der Waals surface area contributed by atoms with Gasteiger partial charge in [-0.1, -0.05) is 45.0 Å². The summed E-state index contributed by atoms with van der Waals surface area (Å²) in [6, 6.07) is 10.2. The number of furan rings is 1. The van der Waals surface area contributed by atoms with E-state index in [0.29, 0.717) is 11.3 Å². The first-order valence-electron chi connectivity index (χ1n) is 8.98. The second-order valence-corrected chi connectivity index (χ2v) is 8.03. The lowest BCUT2D eigenvalue weighted by Gasteiger charge is -2.24. The summed E-state index contributed by atoms with van der Waals surface area (Å²) < 4.78 is 9.97. The van der Waals surface area contributed by atoms with Gasteiger partial charge in [-0.15, -0.1) is 0 Å². The van der Waals surface area contributed by atoms with Gasteiger partial charge in [-0.2, -0.15) is 0 Å². The number of hydrogen-bond donors (Lipinski definition) is 1. The van der Waals surface area contributed by atoms with Crippen LogP contribution in [0.15, 0.2) is 40.8 Å².